The van der Waals surface area contributed by atoms with E-state index in [4.69, 9.17) is 13.3 Å². The average Bonchev–Trinajstić information content (AvgIpc) is 2.65. The predicted octanol–water partition coefficient (Wildman–Crippen LogP) is 5.33. The van der Waals surface area contributed by atoms with E-state index in [1.807, 2.05) is 33.3 Å². The summed E-state index contributed by atoms with van der Waals surface area (Å²) in [6.07, 6.45) is -0.189. The molecule has 0 aromatic rings. The first-order valence-corrected chi connectivity index (χ1v) is 32.7. The van der Waals surface area contributed by atoms with Crippen LogP contribution in [-0.4, -0.2) is 93.2 Å². The average molecular weight is 599 g/mol. The summed E-state index contributed by atoms with van der Waals surface area (Å²) in [7, 11) is -1.06. The highest BCUT2D eigenvalue weighted by Gasteiger charge is 2.38. The van der Waals surface area contributed by atoms with Crippen molar-refractivity contribution >= 4 is 77.9 Å². The zero-order valence-electron chi connectivity index (χ0n) is 21.4. The Morgan fingerprint density at radius 1 is 0.677 bits per heavy atom. The van der Waals surface area contributed by atoms with Crippen molar-refractivity contribution in [3.05, 3.63) is 0 Å². The molecule has 0 saturated heterocycles. The number of rotatable bonds is 18. The van der Waals surface area contributed by atoms with Crippen LogP contribution in [0.4, 0.5) is 0 Å². The van der Waals surface area contributed by atoms with Crippen LogP contribution in [0.3, 0.4) is 0 Å². The molecule has 0 fully saturated rings. The van der Waals surface area contributed by atoms with Gasteiger partial charge in [-0.15, -0.1) is 16.3 Å². The van der Waals surface area contributed by atoms with Gasteiger partial charge in [0, 0.05) is 21.3 Å². The quantitative estimate of drug-likeness (QED) is 0.126. The maximum Gasteiger partial charge on any atom is 0.335 e. The molecular formula is C17H48O5P2S2Si5. The third-order valence-electron chi connectivity index (χ3n) is 4.95. The first-order chi connectivity index (χ1) is 14.0. The Morgan fingerprint density at radius 2 is 1.13 bits per heavy atom. The van der Waals surface area contributed by atoms with E-state index >= 15 is 0 Å². The van der Waals surface area contributed by atoms with Gasteiger partial charge in [0.2, 0.25) is 7.65 Å². The van der Waals surface area contributed by atoms with E-state index in [1.165, 1.54) is 12.2 Å². The highest BCUT2D eigenvalue weighted by molar-refractivity contribution is 8.58. The van der Waals surface area contributed by atoms with Gasteiger partial charge < -0.3 is 22.9 Å². The molecule has 5 nitrogen and oxygen atoms in total. The van der Waals surface area contributed by atoms with E-state index in [9.17, 15) is 9.59 Å². The van der Waals surface area contributed by atoms with Crippen molar-refractivity contribution in [3.8, 4) is 0 Å². The van der Waals surface area contributed by atoms with Crippen LogP contribution in [0.15, 0.2) is 0 Å². The summed E-state index contributed by atoms with van der Waals surface area (Å²) in [4.78, 5) is 20.8. The lowest BCUT2D eigenvalue weighted by Gasteiger charge is -2.33. The SMILES string of the molecule is CO[Si](C)(CCS[Si](C)(C)SCCC[Si](OC)(PC[Si](C)(C)O)PC[Si](C)(C)O)OC. The van der Waals surface area contributed by atoms with Crippen molar-refractivity contribution in [1.82, 2.24) is 0 Å². The molecule has 0 amide bonds. The minimum atomic E-state index is -2.07. The fourth-order valence-corrected chi connectivity index (χ4v) is 43.1. The summed E-state index contributed by atoms with van der Waals surface area (Å²) in [5.74, 6) is 4.18. The Morgan fingerprint density at radius 3 is 1.52 bits per heavy atom. The second kappa shape index (κ2) is 14.9. The van der Waals surface area contributed by atoms with Crippen LogP contribution in [-0.2, 0) is 13.3 Å². The van der Waals surface area contributed by atoms with Gasteiger partial charge in [-0.25, -0.2) is 0 Å². The molecule has 0 aliphatic heterocycles. The molecule has 2 unspecified atom stereocenters. The third-order valence-corrected chi connectivity index (χ3v) is 41.8. The van der Waals surface area contributed by atoms with Crippen LogP contribution in [0.25, 0.3) is 0 Å². The van der Waals surface area contributed by atoms with E-state index in [0.29, 0.717) is 0 Å². The van der Waals surface area contributed by atoms with Gasteiger partial charge in [0.05, 0.1) is 0 Å². The zero-order chi connectivity index (χ0) is 24.4. The Bertz CT molecular complexity index is 488. The molecule has 0 rings (SSSR count). The summed E-state index contributed by atoms with van der Waals surface area (Å²) in [6, 6.07) is 2.20. The summed E-state index contributed by atoms with van der Waals surface area (Å²) < 4.78 is 17.5. The second-order valence-electron chi connectivity index (χ2n) is 9.86. The topological polar surface area (TPSA) is 68.2 Å². The summed E-state index contributed by atoms with van der Waals surface area (Å²) in [6.45, 7) is 15.2. The van der Waals surface area contributed by atoms with Crippen molar-refractivity contribution < 1.29 is 22.9 Å². The Hall–Kier alpha value is 2.44. The molecule has 0 spiro atoms. The molecule has 0 saturated carbocycles. The monoisotopic (exact) mass is 598 g/mol. The van der Waals surface area contributed by atoms with Crippen LogP contribution in [0.5, 0.6) is 0 Å². The van der Waals surface area contributed by atoms with Crippen LogP contribution >= 0.6 is 38.7 Å². The van der Waals surface area contributed by atoms with Gasteiger partial charge in [0.1, 0.15) is 0 Å². The first-order valence-electron chi connectivity index (χ1n) is 10.9. The standard InChI is InChI=1S/C17H48O5P2S2Si5/c1-20-30(10,21-2)15-13-26-29(8,9)25-12-11-14-31(22-3,23-16-27(4,5)18)24-17-28(6,7)19/h18-19,23-24H,11-17H2,1-10H3. The minimum Gasteiger partial charge on any atom is -0.432 e. The zero-order valence-corrected chi connectivity index (χ0v) is 30.0. The van der Waals surface area contributed by atoms with Gasteiger partial charge in [0.25, 0.3) is 0 Å². The number of hydrogen-bond donors (Lipinski definition) is 2. The lowest BCUT2D eigenvalue weighted by atomic mass is 10.6. The molecule has 0 radical (unpaired) electrons. The van der Waals surface area contributed by atoms with E-state index < -0.39 is 39.2 Å². The summed E-state index contributed by atoms with van der Waals surface area (Å²) in [5.41, 5.74) is 0. The normalized spacial score (nSPS) is 16.6. The molecule has 0 aliphatic rings. The van der Waals surface area contributed by atoms with Crippen LogP contribution in [0.1, 0.15) is 6.42 Å². The second-order valence-corrected chi connectivity index (χ2v) is 48.1. The predicted molar refractivity (Wildman–Crippen MR) is 161 cm³/mol. The Balaban J connectivity index is 4.72. The molecule has 0 aromatic heterocycles. The molecule has 0 bridgehead atoms. The molecule has 2 N–H and O–H groups in total. The molecule has 2 atom stereocenters. The van der Waals surface area contributed by atoms with Crippen molar-refractivity contribution in [2.45, 2.75) is 64.3 Å². The maximum atomic E-state index is 10.4. The van der Waals surface area contributed by atoms with Gasteiger partial charge >= 0.3 is 8.56 Å². The van der Waals surface area contributed by atoms with Crippen LogP contribution in [0, 0.1) is 0 Å². The number of hydrogen-bond acceptors (Lipinski definition) is 7. The fourth-order valence-electron chi connectivity index (χ4n) is 2.65. The van der Waals surface area contributed by atoms with Crippen molar-refractivity contribution in [2.24, 2.45) is 0 Å². The van der Waals surface area contributed by atoms with E-state index in [-0.39, 0.29) is 0 Å². The Labute approximate surface area is 208 Å². The highest BCUT2D eigenvalue weighted by atomic mass is 32.6. The van der Waals surface area contributed by atoms with Crippen LogP contribution < -0.4 is 0 Å². The maximum absolute atomic E-state index is 10.4. The molecule has 188 valence electrons. The van der Waals surface area contributed by atoms with Gasteiger partial charge in [0.15, 0.2) is 23.0 Å². The van der Waals surface area contributed by atoms with Crippen molar-refractivity contribution in [2.75, 3.05) is 44.4 Å². The minimum absolute atomic E-state index is 0.748. The highest BCUT2D eigenvalue weighted by Crippen LogP contribution is 2.48. The van der Waals surface area contributed by atoms with Gasteiger partial charge in [-0.05, 0) is 74.3 Å². The smallest absolute Gasteiger partial charge is 0.335 e. The van der Waals surface area contributed by atoms with Gasteiger partial charge in [-0.2, -0.15) is 22.4 Å². The van der Waals surface area contributed by atoms with Crippen LogP contribution in [0.2, 0.25) is 57.9 Å². The van der Waals surface area contributed by atoms with E-state index in [0.717, 1.165) is 45.7 Å². The van der Waals surface area contributed by atoms with E-state index in [2.05, 4.69) is 42.1 Å². The Kier molecular flexibility index (Phi) is 16.0. The first kappa shape index (κ1) is 33.4. The van der Waals surface area contributed by atoms with Gasteiger partial charge in [-0.3, -0.25) is 0 Å². The summed E-state index contributed by atoms with van der Waals surface area (Å²) in [5, 5.41) is 0. The summed E-state index contributed by atoms with van der Waals surface area (Å²) >= 11 is 4.30. The molecule has 0 aromatic carbocycles. The molecule has 0 aliphatic carbocycles. The molecule has 0 heterocycles. The molecule has 31 heavy (non-hydrogen) atoms. The molecular weight excluding hydrogens is 551 g/mol. The largest absolute Gasteiger partial charge is 0.432 e. The van der Waals surface area contributed by atoms with Gasteiger partial charge in [-0.1, -0.05) is 13.1 Å². The lowest BCUT2D eigenvalue weighted by Crippen LogP contribution is -2.38. The fraction of sp³-hybridized carbons (Fsp3) is 1.00. The lowest BCUT2D eigenvalue weighted by molar-refractivity contribution is 0.251. The van der Waals surface area contributed by atoms with Crippen molar-refractivity contribution in [3.63, 3.8) is 0 Å². The molecule has 14 heteroatoms. The van der Waals surface area contributed by atoms with E-state index in [1.54, 1.807) is 14.2 Å². The third kappa shape index (κ3) is 16.7. The van der Waals surface area contributed by atoms with Crippen molar-refractivity contribution in [1.29, 1.82) is 0 Å².